The van der Waals surface area contributed by atoms with Gasteiger partial charge in [0.2, 0.25) is 0 Å². The van der Waals surface area contributed by atoms with Gasteiger partial charge in [0.15, 0.2) is 0 Å². The normalized spacial score (nSPS) is 16.1. The molecule has 0 spiro atoms. The van der Waals surface area contributed by atoms with Crippen molar-refractivity contribution in [2.45, 2.75) is 43.9 Å². The Morgan fingerprint density at radius 3 is 1.35 bits per heavy atom. The van der Waals surface area contributed by atoms with E-state index in [0.717, 1.165) is 0 Å². The third kappa shape index (κ3) is 4.21. The summed E-state index contributed by atoms with van der Waals surface area (Å²) in [5.74, 6) is 1.01. The fraction of sp³-hybridized carbons (Fsp3) is 0.226. The molecule has 4 aromatic carbocycles. The Labute approximate surface area is 187 Å². The Bertz CT molecular complexity index is 1050. The minimum Gasteiger partial charge on any atom is -0.0622 e. The van der Waals surface area contributed by atoms with Crippen LogP contribution in [0, 0.1) is 0 Å². The van der Waals surface area contributed by atoms with E-state index in [2.05, 4.69) is 142 Å². The third-order valence-electron chi connectivity index (χ3n) is 7.22. The molecule has 0 radical (unpaired) electrons. The first-order valence-electron chi connectivity index (χ1n) is 11.3. The fourth-order valence-electron chi connectivity index (χ4n) is 5.35. The van der Waals surface area contributed by atoms with Crippen LogP contribution in [0.5, 0.6) is 0 Å². The number of rotatable bonds is 7. The molecule has 0 amide bonds. The van der Waals surface area contributed by atoms with E-state index in [9.17, 15) is 0 Å². The molecular formula is C31H32. The van der Waals surface area contributed by atoms with Crippen molar-refractivity contribution in [3.63, 3.8) is 0 Å². The molecule has 0 bridgehead atoms. The average Bonchev–Trinajstić information content (AvgIpc) is 2.85. The molecule has 4 atom stereocenters. The summed E-state index contributed by atoms with van der Waals surface area (Å²) in [6, 6.07) is 44.2. The van der Waals surface area contributed by atoms with Crippen LogP contribution in [0.2, 0.25) is 0 Å². The zero-order valence-corrected chi connectivity index (χ0v) is 18.8. The van der Waals surface area contributed by atoms with Crippen LogP contribution in [0.4, 0.5) is 0 Å². The van der Waals surface area contributed by atoms with Crippen LogP contribution >= 0.6 is 0 Å². The summed E-state index contributed by atoms with van der Waals surface area (Å²) in [6.45, 7) is 7.26. The Balaban J connectivity index is 1.94. The second-order valence-electron chi connectivity index (χ2n) is 8.87. The molecule has 156 valence electrons. The molecule has 0 aromatic heterocycles. The van der Waals surface area contributed by atoms with E-state index >= 15 is 0 Å². The molecule has 0 fully saturated rings. The maximum atomic E-state index is 2.47. The van der Waals surface area contributed by atoms with E-state index in [1.807, 2.05) is 0 Å². The van der Waals surface area contributed by atoms with Gasteiger partial charge in [-0.2, -0.15) is 0 Å². The van der Waals surface area contributed by atoms with Gasteiger partial charge in [-0.1, -0.05) is 142 Å². The van der Waals surface area contributed by atoms with Crippen LogP contribution in [0.15, 0.2) is 121 Å². The van der Waals surface area contributed by atoms with Gasteiger partial charge < -0.3 is 0 Å². The van der Waals surface area contributed by atoms with Gasteiger partial charge in [0, 0.05) is 11.3 Å². The van der Waals surface area contributed by atoms with Gasteiger partial charge in [-0.05, 0) is 34.1 Å². The molecule has 0 aliphatic rings. The molecule has 0 N–H and O–H groups in total. The summed E-state index contributed by atoms with van der Waals surface area (Å²) < 4.78 is 0. The average molecular weight is 405 g/mol. The molecule has 4 rings (SSSR count). The van der Waals surface area contributed by atoms with Gasteiger partial charge in [-0.15, -0.1) is 0 Å². The monoisotopic (exact) mass is 404 g/mol. The smallest absolute Gasteiger partial charge is 0.00650 e. The Morgan fingerprint density at radius 2 is 0.871 bits per heavy atom. The standard InChI is InChI=1S/C31H32/c1-24(26-16-8-4-9-17-26)30(28-20-12-6-13-21-28)31(3,29-22-14-7-15-23-29)25(2)27-18-10-5-11-19-27/h4-25,30H,1-3H3. The molecular weight excluding hydrogens is 372 g/mol. The van der Waals surface area contributed by atoms with Crippen LogP contribution in [0.25, 0.3) is 0 Å². The zero-order valence-electron chi connectivity index (χ0n) is 18.8. The Hall–Kier alpha value is -3.12. The third-order valence-corrected chi connectivity index (χ3v) is 7.22. The molecule has 0 nitrogen and oxygen atoms in total. The van der Waals surface area contributed by atoms with Crippen LogP contribution in [0.3, 0.4) is 0 Å². The zero-order chi connectivity index (χ0) is 21.7. The summed E-state index contributed by atoms with van der Waals surface area (Å²) in [4.78, 5) is 0. The van der Waals surface area contributed by atoms with Gasteiger partial charge in [-0.25, -0.2) is 0 Å². The van der Waals surface area contributed by atoms with Crippen LogP contribution in [0.1, 0.15) is 60.8 Å². The van der Waals surface area contributed by atoms with Gasteiger partial charge in [-0.3, -0.25) is 0 Å². The first kappa shape index (κ1) is 21.1. The van der Waals surface area contributed by atoms with Crippen LogP contribution in [-0.4, -0.2) is 0 Å². The highest BCUT2D eigenvalue weighted by molar-refractivity contribution is 5.42. The van der Waals surface area contributed by atoms with E-state index in [1.54, 1.807) is 0 Å². The van der Waals surface area contributed by atoms with Crippen molar-refractivity contribution >= 4 is 0 Å². The molecule has 0 aliphatic heterocycles. The molecule has 4 aromatic rings. The molecule has 0 saturated heterocycles. The molecule has 0 heteroatoms. The first-order valence-corrected chi connectivity index (χ1v) is 11.3. The van der Waals surface area contributed by atoms with Crippen molar-refractivity contribution < 1.29 is 0 Å². The predicted octanol–water partition coefficient (Wildman–Crippen LogP) is 8.34. The minimum absolute atomic E-state index is 0.0980. The number of benzene rings is 4. The second kappa shape index (κ2) is 9.35. The van der Waals surface area contributed by atoms with Crippen LogP contribution in [-0.2, 0) is 5.41 Å². The largest absolute Gasteiger partial charge is 0.0622 e. The van der Waals surface area contributed by atoms with E-state index in [0.29, 0.717) is 17.8 Å². The lowest BCUT2D eigenvalue weighted by molar-refractivity contribution is 0.289. The van der Waals surface area contributed by atoms with E-state index in [4.69, 9.17) is 0 Å². The number of hydrogen-bond donors (Lipinski definition) is 0. The van der Waals surface area contributed by atoms with E-state index < -0.39 is 0 Å². The van der Waals surface area contributed by atoms with Crippen molar-refractivity contribution in [1.29, 1.82) is 0 Å². The van der Waals surface area contributed by atoms with E-state index in [1.165, 1.54) is 22.3 Å². The van der Waals surface area contributed by atoms with Crippen molar-refractivity contribution in [1.82, 2.24) is 0 Å². The molecule has 31 heavy (non-hydrogen) atoms. The Kier molecular flexibility index (Phi) is 6.37. The van der Waals surface area contributed by atoms with Crippen molar-refractivity contribution in [2.75, 3.05) is 0 Å². The van der Waals surface area contributed by atoms with Crippen molar-refractivity contribution in [3.8, 4) is 0 Å². The first-order chi connectivity index (χ1) is 15.1. The summed E-state index contributed by atoms with van der Waals surface area (Å²) >= 11 is 0. The molecule has 4 unspecified atom stereocenters. The van der Waals surface area contributed by atoms with Crippen LogP contribution < -0.4 is 0 Å². The molecule has 0 saturated carbocycles. The Morgan fingerprint density at radius 1 is 0.484 bits per heavy atom. The second-order valence-corrected chi connectivity index (χ2v) is 8.87. The summed E-state index contributed by atoms with van der Waals surface area (Å²) in [7, 11) is 0. The molecule has 0 aliphatic carbocycles. The summed E-state index contributed by atoms with van der Waals surface area (Å²) in [6.07, 6.45) is 0. The minimum atomic E-state index is -0.0980. The SMILES string of the molecule is CC(c1ccccc1)C(c1ccccc1)C(C)(c1ccccc1)C(C)c1ccccc1. The number of hydrogen-bond acceptors (Lipinski definition) is 0. The maximum absolute atomic E-state index is 2.47. The lowest BCUT2D eigenvalue weighted by atomic mass is 9.56. The highest BCUT2D eigenvalue weighted by Crippen LogP contribution is 2.54. The quantitative estimate of drug-likeness (QED) is 0.290. The maximum Gasteiger partial charge on any atom is 0.00650 e. The topological polar surface area (TPSA) is 0 Å². The van der Waals surface area contributed by atoms with Crippen molar-refractivity contribution in [3.05, 3.63) is 144 Å². The van der Waals surface area contributed by atoms with Gasteiger partial charge in [0.05, 0.1) is 0 Å². The van der Waals surface area contributed by atoms with Gasteiger partial charge in [0.1, 0.15) is 0 Å². The highest BCUT2D eigenvalue weighted by atomic mass is 14.5. The van der Waals surface area contributed by atoms with E-state index in [-0.39, 0.29) is 5.41 Å². The predicted molar refractivity (Wildman–Crippen MR) is 133 cm³/mol. The van der Waals surface area contributed by atoms with Gasteiger partial charge in [0.25, 0.3) is 0 Å². The lowest BCUT2D eigenvalue weighted by Gasteiger charge is -2.46. The summed E-state index contributed by atoms with van der Waals surface area (Å²) in [5, 5.41) is 0. The lowest BCUT2D eigenvalue weighted by Crippen LogP contribution is -2.38. The molecule has 0 heterocycles. The van der Waals surface area contributed by atoms with Crippen molar-refractivity contribution in [2.24, 2.45) is 0 Å². The van der Waals surface area contributed by atoms with Gasteiger partial charge >= 0.3 is 0 Å². The highest BCUT2D eigenvalue weighted by Gasteiger charge is 2.44. The fourth-order valence-corrected chi connectivity index (χ4v) is 5.35. The summed E-state index contributed by atoms with van der Waals surface area (Å²) in [5.41, 5.74) is 5.46.